The Balaban J connectivity index is 1.33. The second-order valence-corrected chi connectivity index (χ2v) is 10.0. The van der Waals surface area contributed by atoms with E-state index in [0.717, 1.165) is 21.3 Å². The molecule has 2 heterocycles. The van der Waals surface area contributed by atoms with Crippen molar-refractivity contribution in [1.29, 1.82) is 5.26 Å². The number of rotatable bonds is 8. The fourth-order valence-corrected chi connectivity index (χ4v) is 4.92. The van der Waals surface area contributed by atoms with Gasteiger partial charge in [-0.15, -0.1) is 10.2 Å². The Morgan fingerprint density at radius 1 is 1.11 bits per heavy atom. The molecule has 0 fully saturated rings. The second-order valence-electron chi connectivity index (χ2n) is 8.19. The molecule has 38 heavy (non-hydrogen) atoms. The van der Waals surface area contributed by atoms with Crippen LogP contribution in [0.1, 0.15) is 28.3 Å². The van der Waals surface area contributed by atoms with Crippen molar-refractivity contribution in [2.75, 3.05) is 5.32 Å². The third-order valence-electron chi connectivity index (χ3n) is 5.44. The van der Waals surface area contributed by atoms with E-state index in [1.54, 1.807) is 0 Å². The minimum absolute atomic E-state index is 0.0162. The molecule has 0 amide bonds. The zero-order chi connectivity index (χ0) is 26.6. The molecule has 5 aromatic rings. The molecular weight excluding hydrogens is 548 g/mol. The first kappa shape index (κ1) is 25.7. The van der Waals surface area contributed by atoms with Gasteiger partial charge in [-0.1, -0.05) is 70.9 Å². The smallest absolute Gasteiger partial charge is 0.259 e. The fourth-order valence-electron chi connectivity index (χ4n) is 3.63. The minimum Gasteiger partial charge on any atom is -0.453 e. The molecule has 11 heteroatoms. The third-order valence-corrected chi connectivity index (χ3v) is 7.05. The number of aromatic nitrogens is 3. The Morgan fingerprint density at radius 2 is 1.92 bits per heavy atom. The molecular formula is C27H18Cl2FN5O2S. The Kier molecular flexibility index (Phi) is 7.56. The molecule has 0 aliphatic carbocycles. The van der Waals surface area contributed by atoms with Crippen LogP contribution in [0.15, 0.2) is 65.1 Å². The molecule has 0 unspecified atom stereocenters. The number of aryl methyl sites for hydroxylation is 1. The van der Waals surface area contributed by atoms with Crippen molar-refractivity contribution in [1.82, 2.24) is 15.2 Å². The van der Waals surface area contributed by atoms with E-state index in [-0.39, 0.29) is 45.0 Å². The van der Waals surface area contributed by atoms with Crippen molar-refractivity contribution in [3.8, 4) is 28.3 Å². The molecule has 2 aromatic heterocycles. The highest BCUT2D eigenvalue weighted by Crippen LogP contribution is 2.36. The maximum atomic E-state index is 15.4. The maximum Gasteiger partial charge on any atom is 0.259 e. The average Bonchev–Trinajstić information content (AvgIpc) is 3.53. The number of ether oxygens (including phenoxy) is 1. The van der Waals surface area contributed by atoms with E-state index in [0.29, 0.717) is 12.4 Å². The first-order chi connectivity index (χ1) is 18.4. The van der Waals surface area contributed by atoms with Gasteiger partial charge in [-0.05, 0) is 36.8 Å². The molecule has 0 bridgehead atoms. The van der Waals surface area contributed by atoms with Crippen LogP contribution in [0.2, 0.25) is 10.0 Å². The number of anilines is 1. The van der Waals surface area contributed by atoms with Gasteiger partial charge in [0.25, 0.3) is 5.89 Å². The first-order valence-electron chi connectivity index (χ1n) is 11.3. The molecule has 190 valence electrons. The van der Waals surface area contributed by atoms with Gasteiger partial charge in [0.15, 0.2) is 16.7 Å². The summed E-state index contributed by atoms with van der Waals surface area (Å²) < 4.78 is 26.9. The van der Waals surface area contributed by atoms with Crippen LogP contribution in [0.3, 0.4) is 0 Å². The van der Waals surface area contributed by atoms with E-state index in [4.69, 9.17) is 37.6 Å². The molecule has 7 nitrogen and oxygen atoms in total. The van der Waals surface area contributed by atoms with Gasteiger partial charge >= 0.3 is 0 Å². The lowest BCUT2D eigenvalue weighted by Crippen LogP contribution is -1.98. The van der Waals surface area contributed by atoms with Gasteiger partial charge in [0.1, 0.15) is 10.6 Å². The number of nitriles is 1. The summed E-state index contributed by atoms with van der Waals surface area (Å²) in [6, 6.07) is 19.4. The van der Waals surface area contributed by atoms with Gasteiger partial charge in [-0.25, -0.2) is 9.37 Å². The summed E-state index contributed by atoms with van der Waals surface area (Å²) in [5, 5.41) is 21.8. The van der Waals surface area contributed by atoms with E-state index in [1.165, 1.54) is 41.7 Å². The van der Waals surface area contributed by atoms with Crippen molar-refractivity contribution in [3.63, 3.8) is 0 Å². The topological polar surface area (TPSA) is 96.9 Å². The van der Waals surface area contributed by atoms with Gasteiger partial charge in [-0.3, -0.25) is 0 Å². The second kappa shape index (κ2) is 11.2. The Bertz CT molecular complexity index is 1650. The van der Waals surface area contributed by atoms with E-state index in [9.17, 15) is 0 Å². The van der Waals surface area contributed by atoms with Crippen molar-refractivity contribution in [3.05, 3.63) is 105 Å². The summed E-state index contributed by atoms with van der Waals surface area (Å²) in [7, 11) is 0. The van der Waals surface area contributed by atoms with Crippen LogP contribution in [-0.4, -0.2) is 15.2 Å². The van der Waals surface area contributed by atoms with Gasteiger partial charge < -0.3 is 14.5 Å². The van der Waals surface area contributed by atoms with Crippen LogP contribution >= 0.6 is 34.5 Å². The number of benzene rings is 3. The van der Waals surface area contributed by atoms with Crippen molar-refractivity contribution in [2.24, 2.45) is 0 Å². The van der Waals surface area contributed by atoms with Crippen molar-refractivity contribution >= 4 is 39.7 Å². The van der Waals surface area contributed by atoms with E-state index >= 15 is 4.39 Å². The number of nitrogens with zero attached hydrogens (tertiary/aromatic N) is 4. The van der Waals surface area contributed by atoms with Gasteiger partial charge in [0.2, 0.25) is 5.89 Å². The highest BCUT2D eigenvalue weighted by Gasteiger charge is 2.20. The molecule has 5 rings (SSSR count). The Morgan fingerprint density at radius 3 is 2.71 bits per heavy atom. The largest absolute Gasteiger partial charge is 0.453 e. The summed E-state index contributed by atoms with van der Waals surface area (Å²) in [5.74, 6) is -0.172. The molecule has 1 N–H and O–H groups in total. The predicted octanol–water partition coefficient (Wildman–Crippen LogP) is 7.81. The zero-order valence-electron chi connectivity index (χ0n) is 19.8. The molecule has 0 radical (unpaired) electrons. The molecule has 0 aliphatic rings. The molecule has 0 spiro atoms. The molecule has 0 saturated heterocycles. The standard InChI is InChI=1S/C27H18Cl2FN5O2S/c1-15-25(38-27(33-15)32-14-16-5-3-2-4-6-16)26-35-34-22(37-26)11-18-7-8-21(29)24(23(18)30)36-20-10-17(13-31)9-19(28)12-20/h2-10,12H,11,14H2,1H3,(H,32,33). The van der Waals surface area contributed by atoms with Crippen LogP contribution in [0.5, 0.6) is 11.5 Å². The Hall–Kier alpha value is -3.97. The third kappa shape index (κ3) is 5.78. The van der Waals surface area contributed by atoms with E-state index in [2.05, 4.69) is 20.5 Å². The molecule has 0 aliphatic heterocycles. The minimum atomic E-state index is -0.683. The van der Waals surface area contributed by atoms with Gasteiger partial charge in [0.05, 0.1) is 28.8 Å². The fraction of sp³-hybridized carbons (Fsp3) is 0.111. The summed E-state index contributed by atoms with van der Waals surface area (Å²) >= 11 is 13.6. The van der Waals surface area contributed by atoms with E-state index in [1.807, 2.05) is 43.3 Å². The molecule has 0 saturated carbocycles. The summed E-state index contributed by atoms with van der Waals surface area (Å²) in [6.45, 7) is 2.50. The monoisotopic (exact) mass is 565 g/mol. The first-order valence-corrected chi connectivity index (χ1v) is 12.9. The lowest BCUT2D eigenvalue weighted by molar-refractivity contribution is 0.437. The average molecular weight is 566 g/mol. The van der Waals surface area contributed by atoms with Gasteiger partial charge in [-0.2, -0.15) is 5.26 Å². The normalized spacial score (nSPS) is 10.8. The van der Waals surface area contributed by atoms with Crippen LogP contribution in [0, 0.1) is 24.1 Å². The lowest BCUT2D eigenvalue weighted by Gasteiger charge is -2.11. The van der Waals surface area contributed by atoms with E-state index < -0.39 is 5.82 Å². The lowest BCUT2D eigenvalue weighted by atomic mass is 10.1. The number of nitrogens with one attached hydrogen (secondary N) is 1. The zero-order valence-corrected chi connectivity index (χ0v) is 22.2. The maximum absolute atomic E-state index is 15.4. The quantitative estimate of drug-likeness (QED) is 0.205. The van der Waals surface area contributed by atoms with Crippen LogP contribution in [0.4, 0.5) is 9.52 Å². The highest BCUT2D eigenvalue weighted by molar-refractivity contribution is 7.19. The van der Waals surface area contributed by atoms with Crippen molar-refractivity contribution in [2.45, 2.75) is 19.9 Å². The highest BCUT2D eigenvalue weighted by atomic mass is 35.5. The molecule has 3 aromatic carbocycles. The van der Waals surface area contributed by atoms with Crippen molar-refractivity contribution < 1.29 is 13.5 Å². The Labute approximate surface area is 231 Å². The number of thiazole rings is 1. The SMILES string of the molecule is Cc1nc(NCc2ccccc2)sc1-c1nnc(Cc2ccc(Cl)c(Oc3cc(Cl)cc(C#N)c3)c2F)o1. The number of halogens is 3. The molecule has 0 atom stereocenters. The van der Waals surface area contributed by atoms with Crippen LogP contribution in [0.25, 0.3) is 10.8 Å². The summed E-state index contributed by atoms with van der Waals surface area (Å²) in [5.41, 5.74) is 2.40. The number of hydrogen-bond acceptors (Lipinski definition) is 8. The number of hydrogen-bond donors (Lipinski definition) is 1. The van der Waals surface area contributed by atoms with Gasteiger partial charge in [0, 0.05) is 17.1 Å². The predicted molar refractivity (Wildman–Crippen MR) is 144 cm³/mol. The van der Waals surface area contributed by atoms with Crippen LogP contribution < -0.4 is 10.1 Å². The summed E-state index contributed by atoms with van der Waals surface area (Å²) in [6.07, 6.45) is 0.0162. The summed E-state index contributed by atoms with van der Waals surface area (Å²) in [4.78, 5) is 5.28. The van der Waals surface area contributed by atoms with Crippen LogP contribution in [-0.2, 0) is 13.0 Å².